The fourth-order valence-electron chi connectivity index (χ4n) is 1.12. The van der Waals surface area contributed by atoms with Crippen molar-refractivity contribution in [2.45, 2.75) is 18.2 Å². The van der Waals surface area contributed by atoms with Crippen molar-refractivity contribution in [3.8, 4) is 6.07 Å². The fourth-order valence-corrected chi connectivity index (χ4v) is 3.34. The average molecular weight is 309 g/mol. The maximum atomic E-state index is 11.2. The van der Waals surface area contributed by atoms with Gasteiger partial charge < -0.3 is 0 Å². The molecule has 0 spiro atoms. The molecule has 0 aliphatic rings. The Morgan fingerprint density at radius 2 is 2.13 bits per heavy atom. The van der Waals surface area contributed by atoms with Gasteiger partial charge >= 0.3 is 0 Å². The lowest BCUT2D eigenvalue weighted by atomic mass is 10.1. The number of nitrogens with zero attached hydrogens (tertiary/aromatic N) is 1. The normalized spacial score (nSPS) is 11.1. The molecule has 1 rings (SSSR count). The largest absolute Gasteiger partial charge is 0.262 e. The SMILES string of the molecule is CCc1cc(C#N)c(Br)c(S(=O)(=O)Cl)c1. The Kier molecular flexibility index (Phi) is 3.77. The van der Waals surface area contributed by atoms with Gasteiger partial charge in [-0.25, -0.2) is 8.42 Å². The third-order valence-corrected chi connectivity index (χ3v) is 4.35. The summed E-state index contributed by atoms with van der Waals surface area (Å²) in [6, 6.07) is 5.01. The highest BCUT2D eigenvalue weighted by Gasteiger charge is 2.18. The molecule has 0 saturated carbocycles. The van der Waals surface area contributed by atoms with E-state index in [2.05, 4.69) is 15.9 Å². The van der Waals surface area contributed by atoms with Crippen LogP contribution in [0.25, 0.3) is 0 Å². The number of aryl methyl sites for hydroxylation is 1. The van der Waals surface area contributed by atoms with E-state index < -0.39 is 9.05 Å². The van der Waals surface area contributed by atoms with Crippen LogP contribution in [0.2, 0.25) is 0 Å². The molecule has 80 valence electrons. The maximum absolute atomic E-state index is 11.2. The van der Waals surface area contributed by atoms with Gasteiger partial charge in [0.05, 0.1) is 14.9 Å². The summed E-state index contributed by atoms with van der Waals surface area (Å²) < 4.78 is 22.7. The van der Waals surface area contributed by atoms with Crippen molar-refractivity contribution in [2.75, 3.05) is 0 Å². The van der Waals surface area contributed by atoms with E-state index >= 15 is 0 Å². The molecule has 0 radical (unpaired) electrons. The Hall–Kier alpha value is -0.570. The van der Waals surface area contributed by atoms with E-state index in [1.807, 2.05) is 13.0 Å². The third kappa shape index (κ3) is 2.71. The lowest BCUT2D eigenvalue weighted by molar-refractivity contribution is 0.609. The quantitative estimate of drug-likeness (QED) is 0.789. The van der Waals surface area contributed by atoms with Crippen LogP contribution in [0.5, 0.6) is 0 Å². The second-order valence-corrected chi connectivity index (χ2v) is 6.19. The standard InChI is InChI=1S/C9H7BrClNO2S/c1-2-6-3-7(5-12)9(10)8(4-6)15(11,13)14/h3-4H,2H2,1H3. The number of hydrogen-bond acceptors (Lipinski definition) is 3. The number of rotatable bonds is 2. The predicted octanol–water partition coefficient (Wildman–Crippen LogP) is 2.81. The molecular weight excluding hydrogens is 302 g/mol. The molecule has 0 atom stereocenters. The number of benzene rings is 1. The summed E-state index contributed by atoms with van der Waals surface area (Å²) >= 11 is 3.05. The van der Waals surface area contributed by atoms with E-state index in [4.69, 9.17) is 15.9 Å². The summed E-state index contributed by atoms with van der Waals surface area (Å²) in [4.78, 5) is -0.0555. The van der Waals surface area contributed by atoms with Gasteiger partial charge in [0.15, 0.2) is 0 Å². The minimum atomic E-state index is -3.82. The van der Waals surface area contributed by atoms with E-state index in [1.165, 1.54) is 6.07 Å². The molecule has 0 heterocycles. The summed E-state index contributed by atoms with van der Waals surface area (Å²) in [5.41, 5.74) is 1.03. The minimum absolute atomic E-state index is 0.0555. The van der Waals surface area contributed by atoms with Crippen LogP contribution in [0.15, 0.2) is 21.5 Å². The van der Waals surface area contributed by atoms with E-state index in [0.717, 1.165) is 5.56 Å². The molecule has 0 aliphatic carbocycles. The topological polar surface area (TPSA) is 57.9 Å². The molecule has 3 nitrogen and oxygen atoms in total. The molecular formula is C9H7BrClNO2S. The van der Waals surface area contributed by atoms with Crippen LogP contribution >= 0.6 is 26.6 Å². The van der Waals surface area contributed by atoms with Crippen molar-refractivity contribution in [2.24, 2.45) is 0 Å². The van der Waals surface area contributed by atoms with E-state index in [0.29, 0.717) is 6.42 Å². The molecule has 0 aromatic heterocycles. The predicted molar refractivity (Wildman–Crippen MR) is 61.3 cm³/mol. The second-order valence-electron chi connectivity index (χ2n) is 2.86. The van der Waals surface area contributed by atoms with Gasteiger partial charge in [-0.3, -0.25) is 0 Å². The van der Waals surface area contributed by atoms with E-state index in [9.17, 15) is 8.42 Å². The highest BCUT2D eigenvalue weighted by molar-refractivity contribution is 9.10. The summed E-state index contributed by atoms with van der Waals surface area (Å²) in [7, 11) is 1.43. The summed E-state index contributed by atoms with van der Waals surface area (Å²) in [6.45, 7) is 1.87. The van der Waals surface area contributed by atoms with Crippen molar-refractivity contribution in [3.05, 3.63) is 27.7 Å². The number of nitriles is 1. The first-order valence-electron chi connectivity index (χ1n) is 4.07. The van der Waals surface area contributed by atoms with Crippen LogP contribution in [-0.4, -0.2) is 8.42 Å². The average Bonchev–Trinajstić information content (AvgIpc) is 2.16. The van der Waals surface area contributed by atoms with Crippen molar-refractivity contribution >= 4 is 35.7 Å². The first-order valence-corrected chi connectivity index (χ1v) is 7.17. The van der Waals surface area contributed by atoms with Gasteiger partial charge in [0.25, 0.3) is 9.05 Å². The van der Waals surface area contributed by atoms with Gasteiger partial charge in [-0.15, -0.1) is 0 Å². The molecule has 0 N–H and O–H groups in total. The monoisotopic (exact) mass is 307 g/mol. The smallest absolute Gasteiger partial charge is 0.207 e. The summed E-state index contributed by atoms with van der Waals surface area (Å²) in [5, 5.41) is 8.81. The maximum Gasteiger partial charge on any atom is 0.262 e. The summed E-state index contributed by atoms with van der Waals surface area (Å²) in [6.07, 6.45) is 0.640. The number of hydrogen-bond donors (Lipinski definition) is 0. The van der Waals surface area contributed by atoms with Crippen molar-refractivity contribution in [1.82, 2.24) is 0 Å². The second kappa shape index (κ2) is 4.52. The highest BCUT2D eigenvalue weighted by Crippen LogP contribution is 2.29. The van der Waals surface area contributed by atoms with Gasteiger partial charge in [0.1, 0.15) is 6.07 Å². The minimum Gasteiger partial charge on any atom is -0.207 e. The van der Waals surface area contributed by atoms with E-state index in [-0.39, 0.29) is 14.9 Å². The van der Waals surface area contributed by atoms with Crippen LogP contribution in [0.1, 0.15) is 18.1 Å². The van der Waals surface area contributed by atoms with Gasteiger partial charge in [-0.2, -0.15) is 5.26 Å². The summed E-state index contributed by atoms with van der Waals surface area (Å²) in [5.74, 6) is 0. The van der Waals surface area contributed by atoms with Crippen LogP contribution in [0, 0.1) is 11.3 Å². The van der Waals surface area contributed by atoms with Crippen LogP contribution in [-0.2, 0) is 15.5 Å². The molecule has 0 bridgehead atoms. The molecule has 1 aromatic rings. The first-order chi connectivity index (χ1) is 6.90. The molecule has 0 unspecified atom stereocenters. The molecule has 1 aromatic carbocycles. The Labute approximate surface area is 101 Å². The molecule has 0 saturated heterocycles. The Morgan fingerprint density at radius 1 is 1.53 bits per heavy atom. The zero-order chi connectivity index (χ0) is 11.6. The molecule has 0 aliphatic heterocycles. The first kappa shape index (κ1) is 12.5. The number of halogens is 2. The Morgan fingerprint density at radius 3 is 2.53 bits per heavy atom. The van der Waals surface area contributed by atoms with Crippen LogP contribution in [0.4, 0.5) is 0 Å². The van der Waals surface area contributed by atoms with Crippen molar-refractivity contribution in [3.63, 3.8) is 0 Å². The van der Waals surface area contributed by atoms with Gasteiger partial charge in [0, 0.05) is 10.7 Å². The Bertz CT molecular complexity index is 534. The van der Waals surface area contributed by atoms with Crippen molar-refractivity contribution in [1.29, 1.82) is 5.26 Å². The van der Waals surface area contributed by atoms with Crippen LogP contribution in [0.3, 0.4) is 0 Å². The van der Waals surface area contributed by atoms with E-state index in [1.54, 1.807) is 6.07 Å². The van der Waals surface area contributed by atoms with Gasteiger partial charge in [-0.1, -0.05) is 6.92 Å². The lowest BCUT2D eigenvalue weighted by Gasteiger charge is -2.05. The van der Waals surface area contributed by atoms with Gasteiger partial charge in [0.2, 0.25) is 0 Å². The third-order valence-electron chi connectivity index (χ3n) is 1.89. The zero-order valence-corrected chi connectivity index (χ0v) is 10.9. The van der Waals surface area contributed by atoms with Gasteiger partial charge in [-0.05, 0) is 40.0 Å². The molecule has 0 fully saturated rings. The zero-order valence-electron chi connectivity index (χ0n) is 7.79. The highest BCUT2D eigenvalue weighted by atomic mass is 79.9. The fraction of sp³-hybridized carbons (Fsp3) is 0.222. The molecule has 15 heavy (non-hydrogen) atoms. The lowest BCUT2D eigenvalue weighted by Crippen LogP contribution is -1.97. The van der Waals surface area contributed by atoms with Crippen LogP contribution < -0.4 is 0 Å². The molecule has 6 heteroatoms. The van der Waals surface area contributed by atoms with Crippen molar-refractivity contribution < 1.29 is 8.42 Å². The molecule has 0 amide bonds. The Balaban J connectivity index is 3.61.